The Morgan fingerprint density at radius 3 is 2.71 bits per heavy atom. The lowest BCUT2D eigenvalue weighted by Crippen LogP contribution is -2.13. The second-order valence-corrected chi connectivity index (χ2v) is 3.96. The van der Waals surface area contributed by atoms with Gasteiger partial charge in [-0.25, -0.2) is 4.39 Å². The van der Waals surface area contributed by atoms with Gasteiger partial charge in [0.15, 0.2) is 0 Å². The molecule has 1 aromatic carbocycles. The highest BCUT2D eigenvalue weighted by atomic mass is 35.5. The first kappa shape index (κ1) is 11.5. The standard InChI is InChI=1S/C10H9Cl2FO/c1-6(14)8(11)4-7-2-3-10(13)9(12)5-7/h2-3,5,8H,4H2,1H3. The number of ketones is 1. The molecule has 0 bridgehead atoms. The van der Waals surface area contributed by atoms with E-state index in [1.165, 1.54) is 19.1 Å². The van der Waals surface area contributed by atoms with Crippen LogP contribution in [0.5, 0.6) is 0 Å². The van der Waals surface area contributed by atoms with Crippen LogP contribution in [-0.2, 0) is 11.2 Å². The molecule has 0 aliphatic heterocycles. The molecule has 0 aromatic heterocycles. The quantitative estimate of drug-likeness (QED) is 0.735. The number of Topliss-reactive ketones (excluding diaryl/α,β-unsaturated/α-hetero) is 1. The zero-order valence-corrected chi connectivity index (χ0v) is 9.07. The predicted molar refractivity (Wildman–Crippen MR) is 55.4 cm³/mol. The number of alkyl halides is 1. The van der Waals surface area contributed by atoms with Gasteiger partial charge in [0.1, 0.15) is 11.6 Å². The van der Waals surface area contributed by atoms with Crippen LogP contribution >= 0.6 is 23.2 Å². The summed E-state index contributed by atoms with van der Waals surface area (Å²) in [7, 11) is 0. The van der Waals surface area contributed by atoms with Crippen molar-refractivity contribution in [3.63, 3.8) is 0 Å². The highest BCUT2D eigenvalue weighted by molar-refractivity contribution is 6.31. The Kier molecular flexibility index (Phi) is 3.90. The number of hydrogen-bond donors (Lipinski definition) is 0. The Morgan fingerprint density at radius 1 is 1.57 bits per heavy atom. The summed E-state index contributed by atoms with van der Waals surface area (Å²) in [6.45, 7) is 1.42. The molecule has 1 unspecified atom stereocenters. The van der Waals surface area contributed by atoms with Crippen molar-refractivity contribution in [2.45, 2.75) is 18.7 Å². The van der Waals surface area contributed by atoms with Crippen molar-refractivity contribution in [2.75, 3.05) is 0 Å². The fourth-order valence-electron chi connectivity index (χ4n) is 1.02. The van der Waals surface area contributed by atoms with Gasteiger partial charge >= 0.3 is 0 Å². The number of halogens is 3. The molecule has 0 aliphatic rings. The summed E-state index contributed by atoms with van der Waals surface area (Å²) in [4.78, 5) is 10.9. The van der Waals surface area contributed by atoms with Gasteiger partial charge in [-0.15, -0.1) is 11.6 Å². The molecule has 76 valence electrons. The normalized spacial score (nSPS) is 12.6. The van der Waals surface area contributed by atoms with Crippen molar-refractivity contribution < 1.29 is 9.18 Å². The van der Waals surface area contributed by atoms with Crippen LogP contribution in [0.2, 0.25) is 5.02 Å². The summed E-state index contributed by atoms with van der Waals surface area (Å²) in [5.41, 5.74) is 0.756. The SMILES string of the molecule is CC(=O)C(Cl)Cc1ccc(F)c(Cl)c1. The summed E-state index contributed by atoms with van der Waals surface area (Å²) in [5, 5.41) is -0.522. The Morgan fingerprint density at radius 2 is 2.21 bits per heavy atom. The average molecular weight is 235 g/mol. The smallest absolute Gasteiger partial charge is 0.147 e. The first-order valence-electron chi connectivity index (χ1n) is 4.09. The van der Waals surface area contributed by atoms with E-state index in [-0.39, 0.29) is 10.8 Å². The number of hydrogen-bond acceptors (Lipinski definition) is 1. The lowest BCUT2D eigenvalue weighted by atomic mass is 10.1. The third-order valence-corrected chi connectivity index (χ3v) is 2.59. The van der Waals surface area contributed by atoms with Crippen molar-refractivity contribution >= 4 is 29.0 Å². The molecule has 0 spiro atoms. The summed E-state index contributed by atoms with van der Waals surface area (Å²) in [5.74, 6) is -0.573. The zero-order valence-electron chi connectivity index (χ0n) is 7.56. The molecule has 0 heterocycles. The zero-order chi connectivity index (χ0) is 10.7. The molecule has 1 atom stereocenters. The maximum atomic E-state index is 12.8. The maximum Gasteiger partial charge on any atom is 0.147 e. The van der Waals surface area contributed by atoms with Gasteiger partial charge < -0.3 is 0 Å². The van der Waals surface area contributed by atoms with Gasteiger partial charge in [-0.05, 0) is 31.0 Å². The van der Waals surface area contributed by atoms with Crippen molar-refractivity contribution in [2.24, 2.45) is 0 Å². The van der Waals surface area contributed by atoms with Gasteiger partial charge in [0.25, 0.3) is 0 Å². The molecular formula is C10H9Cl2FO. The minimum Gasteiger partial charge on any atom is -0.298 e. The van der Waals surface area contributed by atoms with Crippen molar-refractivity contribution in [1.29, 1.82) is 0 Å². The van der Waals surface area contributed by atoms with Gasteiger partial charge in [-0.2, -0.15) is 0 Å². The highest BCUT2D eigenvalue weighted by Gasteiger charge is 2.11. The molecule has 14 heavy (non-hydrogen) atoms. The highest BCUT2D eigenvalue weighted by Crippen LogP contribution is 2.18. The third-order valence-electron chi connectivity index (χ3n) is 1.84. The average Bonchev–Trinajstić information content (AvgIpc) is 2.11. The van der Waals surface area contributed by atoms with Gasteiger partial charge in [0.2, 0.25) is 0 Å². The Labute approximate surface area is 91.8 Å². The van der Waals surface area contributed by atoms with Crippen LogP contribution in [0.15, 0.2) is 18.2 Å². The molecule has 4 heteroatoms. The minimum atomic E-state index is -0.573. The molecule has 1 nitrogen and oxygen atoms in total. The van der Waals surface area contributed by atoms with Crippen LogP contribution in [0.3, 0.4) is 0 Å². The van der Waals surface area contributed by atoms with E-state index in [0.717, 1.165) is 5.56 Å². The van der Waals surface area contributed by atoms with Crippen LogP contribution < -0.4 is 0 Å². The van der Waals surface area contributed by atoms with E-state index >= 15 is 0 Å². The molecule has 0 saturated carbocycles. The van der Waals surface area contributed by atoms with Crippen LogP contribution in [0.1, 0.15) is 12.5 Å². The van der Waals surface area contributed by atoms with E-state index in [0.29, 0.717) is 6.42 Å². The second kappa shape index (κ2) is 4.76. The van der Waals surface area contributed by atoms with Crippen molar-refractivity contribution in [3.05, 3.63) is 34.6 Å². The van der Waals surface area contributed by atoms with Crippen LogP contribution in [-0.4, -0.2) is 11.2 Å². The molecule has 0 radical (unpaired) electrons. The molecule has 1 rings (SSSR count). The van der Waals surface area contributed by atoms with Crippen molar-refractivity contribution in [1.82, 2.24) is 0 Å². The Bertz CT molecular complexity index is 352. The summed E-state index contributed by atoms with van der Waals surface area (Å²) < 4.78 is 12.8. The first-order chi connectivity index (χ1) is 6.50. The second-order valence-electron chi connectivity index (χ2n) is 3.03. The summed E-state index contributed by atoms with van der Waals surface area (Å²) >= 11 is 11.3. The molecular weight excluding hydrogens is 226 g/mol. The third kappa shape index (κ3) is 2.96. The fourth-order valence-corrected chi connectivity index (χ4v) is 1.40. The largest absolute Gasteiger partial charge is 0.298 e. The molecule has 0 saturated heterocycles. The molecule has 1 aromatic rings. The van der Waals surface area contributed by atoms with Gasteiger partial charge in [0.05, 0.1) is 10.4 Å². The van der Waals surface area contributed by atoms with E-state index in [4.69, 9.17) is 23.2 Å². The predicted octanol–water partition coefficient (Wildman–Crippen LogP) is 3.22. The van der Waals surface area contributed by atoms with E-state index in [2.05, 4.69) is 0 Å². The van der Waals surface area contributed by atoms with Gasteiger partial charge in [-0.1, -0.05) is 17.7 Å². The van der Waals surface area contributed by atoms with E-state index in [9.17, 15) is 9.18 Å². The molecule has 0 N–H and O–H groups in total. The molecule has 0 fully saturated rings. The van der Waals surface area contributed by atoms with E-state index < -0.39 is 11.2 Å². The fraction of sp³-hybridized carbons (Fsp3) is 0.300. The maximum absolute atomic E-state index is 12.8. The van der Waals surface area contributed by atoms with Crippen LogP contribution in [0.4, 0.5) is 4.39 Å². The topological polar surface area (TPSA) is 17.1 Å². The summed E-state index contributed by atoms with van der Waals surface area (Å²) in [6.07, 6.45) is 0.372. The molecule has 0 amide bonds. The van der Waals surface area contributed by atoms with E-state index in [1.54, 1.807) is 6.07 Å². The van der Waals surface area contributed by atoms with Gasteiger partial charge in [0, 0.05) is 0 Å². The molecule has 0 aliphatic carbocycles. The number of carbonyl (C=O) groups excluding carboxylic acids is 1. The first-order valence-corrected chi connectivity index (χ1v) is 4.90. The summed E-state index contributed by atoms with van der Waals surface area (Å²) in [6, 6.07) is 4.32. The van der Waals surface area contributed by atoms with Crippen LogP contribution in [0.25, 0.3) is 0 Å². The Balaban J connectivity index is 2.78. The lowest BCUT2D eigenvalue weighted by molar-refractivity contribution is -0.116. The van der Waals surface area contributed by atoms with Crippen molar-refractivity contribution in [3.8, 4) is 0 Å². The number of rotatable bonds is 3. The monoisotopic (exact) mass is 234 g/mol. The van der Waals surface area contributed by atoms with Crippen LogP contribution in [0, 0.1) is 5.82 Å². The minimum absolute atomic E-state index is 0.0509. The van der Waals surface area contributed by atoms with Gasteiger partial charge in [-0.3, -0.25) is 4.79 Å². The number of carbonyl (C=O) groups is 1. The van der Waals surface area contributed by atoms with E-state index in [1.807, 2.05) is 0 Å². The number of benzene rings is 1. The Hall–Kier alpha value is -0.600. The lowest BCUT2D eigenvalue weighted by Gasteiger charge is -2.05.